The van der Waals surface area contributed by atoms with E-state index in [0.717, 1.165) is 30.4 Å². The summed E-state index contributed by atoms with van der Waals surface area (Å²) in [4.78, 5) is 0. The number of rotatable bonds is 7. The van der Waals surface area contributed by atoms with Gasteiger partial charge in [-0.2, -0.15) is 10.2 Å². The van der Waals surface area contributed by atoms with Crippen molar-refractivity contribution in [3.63, 3.8) is 0 Å². The Morgan fingerprint density at radius 1 is 1.00 bits per heavy atom. The third kappa shape index (κ3) is 4.98. The quantitative estimate of drug-likeness (QED) is 0.532. The van der Waals surface area contributed by atoms with Crippen molar-refractivity contribution >= 4 is 12.4 Å². The summed E-state index contributed by atoms with van der Waals surface area (Å²) in [6.45, 7) is 2.04. The van der Waals surface area contributed by atoms with Crippen LogP contribution < -0.4 is 4.74 Å². The smallest absolute Gasteiger partial charge is 0.135 e. The van der Waals surface area contributed by atoms with Crippen LogP contribution in [0, 0.1) is 11.6 Å². The number of hydrogen-bond acceptors (Lipinski definition) is 3. The molecule has 0 heterocycles. The molecule has 24 heavy (non-hydrogen) atoms. The molecule has 0 unspecified atom stereocenters. The number of nitrogens with zero attached hydrogens (tertiary/aromatic N) is 2. The lowest BCUT2D eigenvalue weighted by molar-refractivity contribution is 0.415. The molecular formula is C19H20F2N2O. The van der Waals surface area contributed by atoms with Crippen LogP contribution in [-0.4, -0.2) is 19.5 Å². The molecule has 0 bridgehead atoms. The average molecular weight is 330 g/mol. The summed E-state index contributed by atoms with van der Waals surface area (Å²) in [5, 5.41) is 7.54. The predicted molar refractivity (Wildman–Crippen MR) is 93.2 cm³/mol. The Morgan fingerprint density at radius 2 is 1.62 bits per heavy atom. The molecule has 0 spiro atoms. The third-order valence-electron chi connectivity index (χ3n) is 3.53. The van der Waals surface area contributed by atoms with Crippen LogP contribution in [0.1, 0.15) is 36.5 Å². The Hall–Kier alpha value is -2.56. The van der Waals surface area contributed by atoms with Crippen LogP contribution in [-0.2, 0) is 6.42 Å². The summed E-state index contributed by atoms with van der Waals surface area (Å²) in [5.74, 6) is -0.503. The van der Waals surface area contributed by atoms with Crippen LogP contribution in [0.5, 0.6) is 5.75 Å². The van der Waals surface area contributed by atoms with Gasteiger partial charge in [-0.05, 0) is 60.4 Å². The van der Waals surface area contributed by atoms with Crippen molar-refractivity contribution in [1.82, 2.24) is 0 Å². The number of methoxy groups -OCH3 is 1. The number of benzene rings is 2. The SMILES string of the molecule is CCCCc1cc(F)c(C=NN=Cc2ccc(OC)cc2)c(F)c1. The topological polar surface area (TPSA) is 34.0 Å². The van der Waals surface area contributed by atoms with Gasteiger partial charge in [-0.15, -0.1) is 0 Å². The van der Waals surface area contributed by atoms with Crippen molar-refractivity contribution in [2.45, 2.75) is 26.2 Å². The second-order valence-electron chi connectivity index (χ2n) is 5.34. The van der Waals surface area contributed by atoms with Crippen molar-refractivity contribution in [2.24, 2.45) is 10.2 Å². The maximum atomic E-state index is 14.0. The van der Waals surface area contributed by atoms with Gasteiger partial charge in [-0.3, -0.25) is 0 Å². The molecule has 0 saturated heterocycles. The molecule has 0 fully saturated rings. The van der Waals surface area contributed by atoms with Crippen molar-refractivity contribution in [3.8, 4) is 5.75 Å². The molecule has 0 aliphatic heterocycles. The molecule has 0 aromatic heterocycles. The third-order valence-corrected chi connectivity index (χ3v) is 3.53. The number of ether oxygens (including phenoxy) is 1. The molecule has 3 nitrogen and oxygen atoms in total. The van der Waals surface area contributed by atoms with E-state index in [1.54, 1.807) is 19.2 Å². The first-order valence-electron chi connectivity index (χ1n) is 7.82. The van der Waals surface area contributed by atoms with E-state index in [1.165, 1.54) is 18.3 Å². The highest BCUT2D eigenvalue weighted by Gasteiger charge is 2.09. The molecule has 2 aromatic carbocycles. The molecule has 2 rings (SSSR count). The van der Waals surface area contributed by atoms with Crippen LogP contribution in [0.2, 0.25) is 0 Å². The van der Waals surface area contributed by atoms with Gasteiger partial charge < -0.3 is 4.74 Å². The van der Waals surface area contributed by atoms with E-state index < -0.39 is 11.6 Å². The second kappa shape index (κ2) is 8.91. The minimum absolute atomic E-state index is 0.179. The summed E-state index contributed by atoms with van der Waals surface area (Å²) in [7, 11) is 1.59. The van der Waals surface area contributed by atoms with Crippen molar-refractivity contribution in [1.29, 1.82) is 0 Å². The van der Waals surface area contributed by atoms with Crippen LogP contribution in [0.4, 0.5) is 8.78 Å². The van der Waals surface area contributed by atoms with Crippen LogP contribution in [0.3, 0.4) is 0 Å². The fourth-order valence-electron chi connectivity index (χ4n) is 2.17. The van der Waals surface area contributed by atoms with Gasteiger partial charge in [0.15, 0.2) is 0 Å². The highest BCUT2D eigenvalue weighted by atomic mass is 19.1. The molecule has 0 radical (unpaired) electrons. The van der Waals surface area contributed by atoms with Crippen molar-refractivity contribution in [3.05, 3.63) is 64.7 Å². The van der Waals surface area contributed by atoms with Gasteiger partial charge in [-0.1, -0.05) is 13.3 Å². The molecular weight excluding hydrogens is 310 g/mol. The number of aryl methyl sites for hydroxylation is 1. The van der Waals surface area contributed by atoms with Crippen LogP contribution >= 0.6 is 0 Å². The van der Waals surface area contributed by atoms with Crippen molar-refractivity contribution in [2.75, 3.05) is 7.11 Å². The largest absolute Gasteiger partial charge is 0.497 e. The van der Waals surface area contributed by atoms with Crippen molar-refractivity contribution < 1.29 is 13.5 Å². The lowest BCUT2D eigenvalue weighted by Crippen LogP contribution is -1.97. The minimum atomic E-state index is -0.621. The standard InChI is InChI=1S/C19H20F2N2O/c1-3-4-5-15-10-18(20)17(19(21)11-15)13-23-22-12-14-6-8-16(24-2)9-7-14/h6-13H,3-5H2,1-2H3. The maximum absolute atomic E-state index is 14.0. The first-order chi connectivity index (χ1) is 11.6. The zero-order valence-corrected chi connectivity index (χ0v) is 13.8. The van der Waals surface area contributed by atoms with E-state index in [9.17, 15) is 8.78 Å². The van der Waals surface area contributed by atoms with E-state index in [0.29, 0.717) is 12.0 Å². The molecule has 0 amide bonds. The molecule has 0 N–H and O–H groups in total. The Kier molecular flexibility index (Phi) is 6.61. The van der Waals surface area contributed by atoms with E-state index in [2.05, 4.69) is 10.2 Å². The van der Waals surface area contributed by atoms with Gasteiger partial charge in [0, 0.05) is 0 Å². The van der Waals surface area contributed by atoms with E-state index in [4.69, 9.17) is 4.74 Å². The average Bonchev–Trinajstić information content (AvgIpc) is 2.59. The lowest BCUT2D eigenvalue weighted by Gasteiger charge is -2.04. The zero-order chi connectivity index (χ0) is 17.4. The van der Waals surface area contributed by atoms with Gasteiger partial charge in [-0.25, -0.2) is 8.78 Å². The molecule has 0 aliphatic carbocycles. The number of unbranched alkanes of at least 4 members (excludes halogenated alkanes) is 1. The molecule has 0 atom stereocenters. The van der Waals surface area contributed by atoms with E-state index in [-0.39, 0.29) is 5.56 Å². The Morgan fingerprint density at radius 3 is 2.21 bits per heavy atom. The highest BCUT2D eigenvalue weighted by molar-refractivity contribution is 5.83. The number of hydrogen-bond donors (Lipinski definition) is 0. The van der Waals surface area contributed by atoms with Gasteiger partial charge in [0.2, 0.25) is 0 Å². The fourth-order valence-corrected chi connectivity index (χ4v) is 2.17. The summed E-state index contributed by atoms with van der Waals surface area (Å²) in [6, 6.07) is 9.91. The molecule has 0 saturated carbocycles. The Labute approximate surface area is 140 Å². The first-order valence-corrected chi connectivity index (χ1v) is 7.82. The molecule has 2 aromatic rings. The predicted octanol–water partition coefficient (Wildman–Crippen LogP) is 4.77. The maximum Gasteiger partial charge on any atom is 0.135 e. The Bertz CT molecular complexity index is 702. The Balaban J connectivity index is 2.06. The minimum Gasteiger partial charge on any atom is -0.497 e. The highest BCUT2D eigenvalue weighted by Crippen LogP contribution is 2.16. The summed E-state index contributed by atoms with van der Waals surface area (Å²) >= 11 is 0. The zero-order valence-electron chi connectivity index (χ0n) is 13.8. The van der Waals surface area contributed by atoms with E-state index >= 15 is 0 Å². The normalized spacial score (nSPS) is 11.5. The van der Waals surface area contributed by atoms with Gasteiger partial charge >= 0.3 is 0 Å². The summed E-state index contributed by atoms with van der Waals surface area (Å²) in [5.41, 5.74) is 1.29. The van der Waals surface area contributed by atoms with E-state index in [1.807, 2.05) is 19.1 Å². The van der Waals surface area contributed by atoms with Gasteiger partial charge in [0.1, 0.15) is 17.4 Å². The van der Waals surface area contributed by atoms with Crippen LogP contribution in [0.25, 0.3) is 0 Å². The van der Waals surface area contributed by atoms with Gasteiger partial charge in [0.05, 0.1) is 25.1 Å². The lowest BCUT2D eigenvalue weighted by atomic mass is 10.1. The second-order valence-corrected chi connectivity index (χ2v) is 5.34. The fraction of sp³-hybridized carbons (Fsp3) is 0.263. The summed E-state index contributed by atoms with van der Waals surface area (Å²) < 4.78 is 33.0. The molecule has 5 heteroatoms. The molecule has 126 valence electrons. The summed E-state index contributed by atoms with van der Waals surface area (Å²) in [6.07, 6.45) is 5.14. The van der Waals surface area contributed by atoms with Crippen LogP contribution in [0.15, 0.2) is 46.6 Å². The van der Waals surface area contributed by atoms with Gasteiger partial charge in [0.25, 0.3) is 0 Å². The number of halogens is 2. The molecule has 0 aliphatic rings. The first kappa shape index (κ1) is 17.8. The monoisotopic (exact) mass is 330 g/mol.